The molecule has 0 saturated carbocycles. The maximum Gasteiger partial charge on any atom is 0.164 e. The van der Waals surface area contributed by atoms with E-state index in [2.05, 4.69) is 138 Å². The Balaban J connectivity index is 0.947. The summed E-state index contributed by atoms with van der Waals surface area (Å²) in [4.78, 5) is 17.4. The van der Waals surface area contributed by atoms with Crippen molar-refractivity contribution in [3.63, 3.8) is 0 Å². The average Bonchev–Trinajstić information content (AvgIpc) is 3.75. The predicted molar refractivity (Wildman–Crippen MR) is 254 cm³/mol. The van der Waals surface area contributed by atoms with E-state index in [1.165, 1.54) is 0 Å². The van der Waals surface area contributed by atoms with E-state index in [-0.39, 0.29) is 0 Å². The number of furan rings is 1. The fourth-order valence-electron chi connectivity index (χ4n) is 8.63. The van der Waals surface area contributed by atoms with Crippen molar-refractivity contribution in [1.29, 1.82) is 0 Å². The molecule has 0 amide bonds. The molecule has 2 aromatic heterocycles. The van der Waals surface area contributed by atoms with Gasteiger partial charge in [0.05, 0.1) is 11.4 Å². The third-order valence-corrected chi connectivity index (χ3v) is 11.7. The molecule has 0 spiro atoms. The van der Waals surface area contributed by atoms with Crippen molar-refractivity contribution in [2.24, 2.45) is 0 Å². The quantitative estimate of drug-likeness (QED) is 0.160. The number of benzene rings is 9. The summed E-state index contributed by atoms with van der Waals surface area (Å²) >= 11 is 0. The van der Waals surface area contributed by atoms with Crippen LogP contribution in [0.15, 0.2) is 223 Å². The first-order valence-corrected chi connectivity index (χ1v) is 21.0. The Morgan fingerprint density at radius 3 is 1.35 bits per heavy atom. The number of hydrogen-bond donors (Lipinski definition) is 0. The highest BCUT2D eigenvalue weighted by Crippen LogP contribution is 2.52. The van der Waals surface area contributed by atoms with Gasteiger partial charge in [-0.2, -0.15) is 0 Å². The monoisotopic (exact) mass is 808 g/mol. The SMILES string of the molecule is c1ccc(-c2ccc3c(c2)Oc2cc(-c4ccccc4)ccc2N3c2ccc(-c3ccc4oc5cccc(-c6nc(-c7ccccc7)nc(-c7ccccc7)n6)c5c4c3)cc2)cc1. The summed E-state index contributed by atoms with van der Waals surface area (Å²) in [5.74, 6) is 3.42. The lowest BCUT2D eigenvalue weighted by molar-refractivity contribution is 0.477. The molecule has 0 unspecified atom stereocenters. The van der Waals surface area contributed by atoms with Crippen molar-refractivity contribution < 1.29 is 9.15 Å². The standard InChI is InChI=1S/C57H36N4O2/c1-5-14-37(15-6-1)43-26-31-48-52(35-43)63-53-36-44(38-16-7-2-8-17-38)27-32-49(53)61(48)45-29-24-39(25-30-45)42-28-33-50-47(34-42)54-46(22-13-23-51(54)62-50)57-59-55(40-18-9-3-10-19-40)58-56(60-57)41-20-11-4-12-21-41/h1-36H. The van der Waals surface area contributed by atoms with Crippen LogP contribution in [0.2, 0.25) is 0 Å². The number of rotatable bonds is 7. The summed E-state index contributed by atoms with van der Waals surface area (Å²) in [5, 5.41) is 1.95. The maximum atomic E-state index is 6.75. The van der Waals surface area contributed by atoms with Crippen molar-refractivity contribution in [3.05, 3.63) is 218 Å². The Labute approximate surface area is 364 Å². The van der Waals surface area contributed by atoms with Crippen molar-refractivity contribution in [1.82, 2.24) is 15.0 Å². The van der Waals surface area contributed by atoms with Gasteiger partial charge >= 0.3 is 0 Å². The Hall–Kier alpha value is -8.61. The summed E-state index contributed by atoms with van der Waals surface area (Å²) in [6.07, 6.45) is 0. The van der Waals surface area contributed by atoms with E-state index >= 15 is 0 Å². The lowest BCUT2D eigenvalue weighted by Crippen LogP contribution is -2.16. The molecule has 11 aromatic rings. The van der Waals surface area contributed by atoms with Crippen LogP contribution in [0.3, 0.4) is 0 Å². The molecule has 0 fully saturated rings. The second kappa shape index (κ2) is 15.1. The lowest BCUT2D eigenvalue weighted by atomic mass is 9.99. The zero-order valence-corrected chi connectivity index (χ0v) is 33.9. The van der Waals surface area contributed by atoms with Gasteiger partial charge in [0.1, 0.15) is 11.2 Å². The van der Waals surface area contributed by atoms with Crippen LogP contribution in [-0.2, 0) is 0 Å². The van der Waals surface area contributed by atoms with Gasteiger partial charge in [0.15, 0.2) is 29.0 Å². The van der Waals surface area contributed by atoms with Crippen LogP contribution < -0.4 is 9.64 Å². The molecular weight excluding hydrogens is 773 g/mol. The van der Waals surface area contributed by atoms with Crippen molar-refractivity contribution in [2.75, 3.05) is 4.90 Å². The van der Waals surface area contributed by atoms with Crippen LogP contribution in [-0.4, -0.2) is 15.0 Å². The van der Waals surface area contributed by atoms with Crippen LogP contribution in [0.25, 0.3) is 89.5 Å². The fraction of sp³-hybridized carbons (Fsp3) is 0. The Morgan fingerprint density at radius 2 is 0.794 bits per heavy atom. The average molecular weight is 809 g/mol. The summed E-state index contributed by atoms with van der Waals surface area (Å²) in [7, 11) is 0. The molecule has 0 aliphatic carbocycles. The molecular formula is C57H36N4O2. The van der Waals surface area contributed by atoms with Gasteiger partial charge in [-0.1, -0.05) is 164 Å². The molecule has 9 aromatic carbocycles. The minimum absolute atomic E-state index is 0.587. The number of ether oxygens (including phenoxy) is 1. The molecule has 0 bridgehead atoms. The summed E-state index contributed by atoms with van der Waals surface area (Å²) in [6, 6.07) is 75.1. The van der Waals surface area contributed by atoms with Crippen LogP contribution in [0, 0.1) is 0 Å². The first kappa shape index (κ1) is 36.3. The second-order valence-corrected chi connectivity index (χ2v) is 15.6. The Bertz CT molecular complexity index is 3320. The smallest absolute Gasteiger partial charge is 0.164 e. The van der Waals surface area contributed by atoms with E-state index in [0.717, 1.165) is 101 Å². The van der Waals surface area contributed by atoms with Crippen LogP contribution in [0.5, 0.6) is 11.5 Å². The van der Waals surface area contributed by atoms with Crippen molar-refractivity contribution >= 4 is 39.0 Å². The molecule has 0 N–H and O–H groups in total. The molecule has 63 heavy (non-hydrogen) atoms. The van der Waals surface area contributed by atoms with E-state index in [9.17, 15) is 0 Å². The summed E-state index contributed by atoms with van der Waals surface area (Å²) in [5.41, 5.74) is 13.9. The van der Waals surface area contributed by atoms with Gasteiger partial charge in [-0.25, -0.2) is 15.0 Å². The summed E-state index contributed by atoms with van der Waals surface area (Å²) < 4.78 is 13.2. The molecule has 0 atom stereocenters. The van der Waals surface area contributed by atoms with Gasteiger partial charge in [-0.05, 0) is 88.0 Å². The van der Waals surface area contributed by atoms with E-state index in [0.29, 0.717) is 17.5 Å². The maximum absolute atomic E-state index is 6.75. The van der Waals surface area contributed by atoms with Gasteiger partial charge in [0, 0.05) is 33.2 Å². The van der Waals surface area contributed by atoms with E-state index in [1.807, 2.05) is 84.9 Å². The van der Waals surface area contributed by atoms with Crippen LogP contribution in [0.1, 0.15) is 0 Å². The molecule has 0 radical (unpaired) electrons. The summed E-state index contributed by atoms with van der Waals surface area (Å²) in [6.45, 7) is 0. The van der Waals surface area contributed by atoms with Gasteiger partial charge in [-0.15, -0.1) is 0 Å². The number of hydrogen-bond acceptors (Lipinski definition) is 6. The van der Waals surface area contributed by atoms with Crippen LogP contribution >= 0.6 is 0 Å². The lowest BCUT2D eigenvalue weighted by Gasteiger charge is -2.33. The molecule has 6 nitrogen and oxygen atoms in total. The molecule has 1 aliphatic rings. The number of anilines is 3. The normalized spacial score (nSPS) is 11.9. The van der Waals surface area contributed by atoms with E-state index in [1.54, 1.807) is 0 Å². The molecule has 0 saturated heterocycles. The van der Waals surface area contributed by atoms with Gasteiger partial charge < -0.3 is 14.1 Å². The molecule has 296 valence electrons. The Kier molecular flexibility index (Phi) is 8.71. The topological polar surface area (TPSA) is 64.3 Å². The molecule has 6 heteroatoms. The van der Waals surface area contributed by atoms with E-state index in [4.69, 9.17) is 24.1 Å². The molecule has 3 heterocycles. The van der Waals surface area contributed by atoms with Gasteiger partial charge in [-0.3, -0.25) is 0 Å². The first-order valence-electron chi connectivity index (χ1n) is 21.0. The molecule has 1 aliphatic heterocycles. The fourth-order valence-corrected chi connectivity index (χ4v) is 8.63. The van der Waals surface area contributed by atoms with Crippen molar-refractivity contribution in [3.8, 4) is 79.0 Å². The minimum Gasteiger partial charge on any atom is -0.456 e. The largest absolute Gasteiger partial charge is 0.456 e. The zero-order valence-electron chi connectivity index (χ0n) is 33.9. The van der Waals surface area contributed by atoms with Gasteiger partial charge in [0.25, 0.3) is 0 Å². The van der Waals surface area contributed by atoms with Crippen molar-refractivity contribution in [2.45, 2.75) is 0 Å². The highest BCUT2D eigenvalue weighted by molar-refractivity contribution is 6.12. The minimum atomic E-state index is 0.587. The number of nitrogens with zero attached hydrogens (tertiary/aromatic N) is 4. The zero-order chi connectivity index (χ0) is 41.7. The third-order valence-electron chi connectivity index (χ3n) is 11.7. The third kappa shape index (κ3) is 6.58. The van der Waals surface area contributed by atoms with Gasteiger partial charge in [0.2, 0.25) is 0 Å². The molecule has 12 rings (SSSR count). The van der Waals surface area contributed by atoms with Crippen LogP contribution in [0.4, 0.5) is 17.1 Å². The first-order chi connectivity index (χ1) is 31.2. The van der Waals surface area contributed by atoms with E-state index < -0.39 is 0 Å². The highest BCUT2D eigenvalue weighted by Gasteiger charge is 2.27. The second-order valence-electron chi connectivity index (χ2n) is 15.6. The number of fused-ring (bicyclic) bond motifs is 5. The highest BCUT2D eigenvalue weighted by atomic mass is 16.5. The predicted octanol–water partition coefficient (Wildman–Crippen LogP) is 15.3. The Morgan fingerprint density at radius 1 is 0.333 bits per heavy atom. The number of aromatic nitrogens is 3.